The quantitative estimate of drug-likeness (QED) is 0.766. The Morgan fingerprint density at radius 1 is 1.50 bits per heavy atom. The number of aryl methyl sites for hydroxylation is 1. The van der Waals surface area contributed by atoms with E-state index in [1.807, 2.05) is 16.9 Å². The van der Waals surface area contributed by atoms with Crippen molar-refractivity contribution in [2.24, 2.45) is 0 Å². The Morgan fingerprint density at radius 2 is 2.44 bits per heavy atom. The summed E-state index contributed by atoms with van der Waals surface area (Å²) in [6.45, 7) is 2.93. The van der Waals surface area contributed by atoms with Gasteiger partial charge in [0.05, 0.1) is 6.54 Å². The summed E-state index contributed by atoms with van der Waals surface area (Å²) in [5.74, 6) is 1.03. The van der Waals surface area contributed by atoms with Gasteiger partial charge in [0.25, 0.3) is 0 Å². The molecular formula is C13H14N2O. The van der Waals surface area contributed by atoms with Gasteiger partial charge in [0.15, 0.2) is 0 Å². The first kappa shape index (κ1) is 9.46. The average Bonchev–Trinajstić information content (AvgIpc) is 2.86. The monoisotopic (exact) mass is 214 g/mol. The Hall–Kier alpha value is -1.77. The summed E-state index contributed by atoms with van der Waals surface area (Å²) in [7, 11) is 0. The maximum atomic E-state index is 5.87. The molecule has 0 spiro atoms. The second-order valence-corrected chi connectivity index (χ2v) is 4.28. The van der Waals surface area contributed by atoms with Crippen molar-refractivity contribution in [2.75, 3.05) is 0 Å². The molecule has 1 aromatic carbocycles. The topological polar surface area (TPSA) is 27.1 Å². The van der Waals surface area contributed by atoms with Gasteiger partial charge in [-0.1, -0.05) is 17.7 Å². The van der Waals surface area contributed by atoms with E-state index in [2.05, 4.69) is 30.2 Å². The SMILES string of the molecule is Cc1ccc2c(c1)CC(Cn1cccn1)O2. The molecule has 82 valence electrons. The molecule has 3 heteroatoms. The van der Waals surface area contributed by atoms with Crippen LogP contribution in [-0.4, -0.2) is 15.9 Å². The lowest BCUT2D eigenvalue weighted by atomic mass is 10.1. The van der Waals surface area contributed by atoms with Gasteiger partial charge in [0, 0.05) is 18.8 Å². The third-order valence-electron chi connectivity index (χ3n) is 2.91. The van der Waals surface area contributed by atoms with Crippen LogP contribution in [0.1, 0.15) is 11.1 Å². The molecule has 3 rings (SSSR count). The highest BCUT2D eigenvalue weighted by atomic mass is 16.5. The van der Waals surface area contributed by atoms with Gasteiger partial charge in [-0.05, 0) is 24.6 Å². The summed E-state index contributed by atoms with van der Waals surface area (Å²) in [6, 6.07) is 8.30. The largest absolute Gasteiger partial charge is 0.488 e. The molecule has 1 aliphatic rings. The number of ether oxygens (including phenoxy) is 1. The van der Waals surface area contributed by atoms with Crippen LogP contribution in [0.3, 0.4) is 0 Å². The van der Waals surface area contributed by atoms with Gasteiger partial charge >= 0.3 is 0 Å². The molecule has 0 aliphatic carbocycles. The average molecular weight is 214 g/mol. The van der Waals surface area contributed by atoms with Crippen molar-refractivity contribution in [2.45, 2.75) is 26.0 Å². The van der Waals surface area contributed by atoms with Crippen molar-refractivity contribution in [3.05, 3.63) is 47.8 Å². The lowest BCUT2D eigenvalue weighted by molar-refractivity contribution is 0.203. The van der Waals surface area contributed by atoms with Crippen molar-refractivity contribution in [3.63, 3.8) is 0 Å². The van der Waals surface area contributed by atoms with Gasteiger partial charge in [0.1, 0.15) is 11.9 Å². The van der Waals surface area contributed by atoms with E-state index >= 15 is 0 Å². The molecule has 0 saturated heterocycles. The van der Waals surface area contributed by atoms with Crippen molar-refractivity contribution in [1.82, 2.24) is 9.78 Å². The van der Waals surface area contributed by atoms with Gasteiger partial charge in [-0.25, -0.2) is 0 Å². The Morgan fingerprint density at radius 3 is 3.25 bits per heavy atom. The van der Waals surface area contributed by atoms with Crippen LogP contribution in [0, 0.1) is 6.92 Å². The molecule has 2 heterocycles. The number of aromatic nitrogens is 2. The first-order valence-electron chi connectivity index (χ1n) is 5.55. The predicted octanol–water partition coefficient (Wildman–Crippen LogP) is 2.20. The predicted molar refractivity (Wildman–Crippen MR) is 61.5 cm³/mol. The second kappa shape index (κ2) is 3.67. The van der Waals surface area contributed by atoms with Crippen LogP contribution in [-0.2, 0) is 13.0 Å². The molecule has 1 unspecified atom stereocenters. The minimum absolute atomic E-state index is 0.219. The molecule has 0 bridgehead atoms. The van der Waals surface area contributed by atoms with Crippen LogP contribution in [0.25, 0.3) is 0 Å². The van der Waals surface area contributed by atoms with Gasteiger partial charge in [0.2, 0.25) is 0 Å². The van der Waals surface area contributed by atoms with E-state index in [0.29, 0.717) is 0 Å². The highest BCUT2D eigenvalue weighted by molar-refractivity contribution is 5.40. The third-order valence-corrected chi connectivity index (χ3v) is 2.91. The Labute approximate surface area is 94.7 Å². The van der Waals surface area contributed by atoms with Crippen LogP contribution in [0.5, 0.6) is 5.75 Å². The van der Waals surface area contributed by atoms with Gasteiger partial charge < -0.3 is 4.74 Å². The maximum Gasteiger partial charge on any atom is 0.123 e. The summed E-state index contributed by atoms with van der Waals surface area (Å²) in [5, 5.41) is 4.20. The molecule has 1 aromatic heterocycles. The Balaban J connectivity index is 1.75. The summed E-state index contributed by atoms with van der Waals surface area (Å²) in [4.78, 5) is 0. The molecule has 0 amide bonds. The number of fused-ring (bicyclic) bond motifs is 1. The molecule has 0 N–H and O–H groups in total. The van der Waals surface area contributed by atoms with Crippen molar-refractivity contribution in [1.29, 1.82) is 0 Å². The zero-order valence-electron chi connectivity index (χ0n) is 9.26. The standard InChI is InChI=1S/C13H14N2O/c1-10-3-4-13-11(7-10)8-12(16-13)9-15-6-2-5-14-15/h2-7,12H,8-9H2,1H3. The van der Waals surface area contributed by atoms with E-state index in [4.69, 9.17) is 4.74 Å². The first-order chi connectivity index (χ1) is 7.81. The second-order valence-electron chi connectivity index (χ2n) is 4.28. The van der Waals surface area contributed by atoms with Crippen molar-refractivity contribution >= 4 is 0 Å². The van der Waals surface area contributed by atoms with Gasteiger partial charge in [-0.2, -0.15) is 5.10 Å². The number of hydrogen-bond donors (Lipinski definition) is 0. The van der Waals surface area contributed by atoms with Crippen LogP contribution in [0.4, 0.5) is 0 Å². The summed E-state index contributed by atoms with van der Waals surface area (Å²) in [6.07, 6.45) is 4.97. The van der Waals surface area contributed by atoms with Crippen molar-refractivity contribution < 1.29 is 4.74 Å². The fourth-order valence-corrected chi connectivity index (χ4v) is 2.17. The van der Waals surface area contributed by atoms with E-state index in [1.54, 1.807) is 6.20 Å². The third kappa shape index (κ3) is 1.69. The zero-order chi connectivity index (χ0) is 11.0. The summed E-state index contributed by atoms with van der Waals surface area (Å²) < 4.78 is 7.79. The highest BCUT2D eigenvalue weighted by Gasteiger charge is 2.22. The van der Waals surface area contributed by atoms with Gasteiger partial charge in [-0.15, -0.1) is 0 Å². The number of hydrogen-bond acceptors (Lipinski definition) is 2. The number of benzene rings is 1. The molecule has 0 radical (unpaired) electrons. The smallest absolute Gasteiger partial charge is 0.123 e. The fraction of sp³-hybridized carbons (Fsp3) is 0.308. The molecule has 1 aliphatic heterocycles. The minimum atomic E-state index is 0.219. The van der Waals surface area contributed by atoms with Gasteiger partial charge in [-0.3, -0.25) is 4.68 Å². The molecule has 16 heavy (non-hydrogen) atoms. The fourth-order valence-electron chi connectivity index (χ4n) is 2.17. The molecule has 1 atom stereocenters. The minimum Gasteiger partial charge on any atom is -0.488 e. The lowest BCUT2D eigenvalue weighted by Gasteiger charge is -2.10. The molecule has 2 aromatic rings. The number of rotatable bonds is 2. The summed E-state index contributed by atoms with van der Waals surface area (Å²) in [5.41, 5.74) is 2.61. The van der Waals surface area contributed by atoms with Crippen LogP contribution in [0.2, 0.25) is 0 Å². The lowest BCUT2D eigenvalue weighted by Crippen LogP contribution is -2.20. The van der Waals surface area contributed by atoms with E-state index < -0.39 is 0 Å². The van der Waals surface area contributed by atoms with E-state index in [9.17, 15) is 0 Å². The molecular weight excluding hydrogens is 200 g/mol. The van der Waals surface area contributed by atoms with Crippen LogP contribution in [0.15, 0.2) is 36.7 Å². The number of nitrogens with zero attached hydrogens (tertiary/aromatic N) is 2. The van der Waals surface area contributed by atoms with E-state index in [1.165, 1.54) is 11.1 Å². The molecule has 3 nitrogen and oxygen atoms in total. The first-order valence-corrected chi connectivity index (χ1v) is 5.55. The van der Waals surface area contributed by atoms with E-state index in [-0.39, 0.29) is 6.10 Å². The van der Waals surface area contributed by atoms with Crippen molar-refractivity contribution in [3.8, 4) is 5.75 Å². The Kier molecular flexibility index (Phi) is 2.17. The highest BCUT2D eigenvalue weighted by Crippen LogP contribution is 2.29. The van der Waals surface area contributed by atoms with Crippen LogP contribution >= 0.6 is 0 Å². The van der Waals surface area contributed by atoms with E-state index in [0.717, 1.165) is 18.7 Å². The summed E-state index contributed by atoms with van der Waals surface area (Å²) >= 11 is 0. The Bertz CT molecular complexity index is 491. The molecule has 0 fully saturated rings. The maximum absolute atomic E-state index is 5.87. The van der Waals surface area contributed by atoms with Crippen LogP contribution < -0.4 is 4.74 Å². The molecule has 0 saturated carbocycles. The normalized spacial score (nSPS) is 18.2. The zero-order valence-corrected chi connectivity index (χ0v) is 9.26.